The molecule has 2 unspecified atom stereocenters. The van der Waals surface area contributed by atoms with Crippen LogP contribution >= 0.6 is 0 Å². The van der Waals surface area contributed by atoms with E-state index in [4.69, 9.17) is 4.52 Å². The molecule has 1 aliphatic rings. The first kappa shape index (κ1) is 19.5. The quantitative estimate of drug-likeness (QED) is 0.761. The van der Waals surface area contributed by atoms with Crippen molar-refractivity contribution in [2.75, 3.05) is 19.6 Å². The highest BCUT2D eigenvalue weighted by Crippen LogP contribution is 2.23. The number of rotatable bonds is 5. The standard InChI is InChI=1S/C17H23N5O4S/c1-11-16(13(3)26-20-11)27(24,25)21-12(2)17(23)22-8-7-19-10-15(22)14-5-4-6-18-9-14/h4-6,9,12,15,19,21H,7-8,10H2,1-3H3. The topological polar surface area (TPSA) is 117 Å². The molecule has 27 heavy (non-hydrogen) atoms. The maximum atomic E-state index is 13.0. The summed E-state index contributed by atoms with van der Waals surface area (Å²) in [6.45, 7) is 6.32. The summed E-state index contributed by atoms with van der Waals surface area (Å²) in [6, 6.07) is 2.59. The van der Waals surface area contributed by atoms with Crippen molar-refractivity contribution in [2.45, 2.75) is 37.8 Å². The Bertz CT molecular complexity index is 893. The summed E-state index contributed by atoms with van der Waals surface area (Å²) in [6.07, 6.45) is 3.39. The number of aromatic nitrogens is 2. The molecule has 0 spiro atoms. The second-order valence-electron chi connectivity index (χ2n) is 6.53. The molecule has 2 N–H and O–H groups in total. The zero-order valence-corrected chi connectivity index (χ0v) is 16.3. The molecule has 146 valence electrons. The van der Waals surface area contributed by atoms with Gasteiger partial charge in [-0.2, -0.15) is 4.72 Å². The van der Waals surface area contributed by atoms with Gasteiger partial charge in [-0.1, -0.05) is 11.2 Å². The number of nitrogens with zero attached hydrogens (tertiary/aromatic N) is 3. The van der Waals surface area contributed by atoms with Crippen molar-refractivity contribution in [1.82, 2.24) is 25.1 Å². The van der Waals surface area contributed by atoms with Crippen molar-refractivity contribution in [1.29, 1.82) is 0 Å². The van der Waals surface area contributed by atoms with Gasteiger partial charge in [-0.15, -0.1) is 0 Å². The van der Waals surface area contributed by atoms with Crippen LogP contribution in [0.25, 0.3) is 0 Å². The van der Waals surface area contributed by atoms with Crippen LogP contribution in [0.2, 0.25) is 0 Å². The molecule has 3 heterocycles. The molecule has 2 aromatic rings. The molecule has 0 saturated carbocycles. The van der Waals surface area contributed by atoms with Crippen molar-refractivity contribution >= 4 is 15.9 Å². The normalized spacial score (nSPS) is 19.1. The molecule has 9 nitrogen and oxygen atoms in total. The van der Waals surface area contributed by atoms with Gasteiger partial charge in [0.25, 0.3) is 0 Å². The molecule has 3 rings (SSSR count). The number of aryl methyl sites for hydroxylation is 2. The van der Waals surface area contributed by atoms with Crippen molar-refractivity contribution in [3.05, 3.63) is 41.5 Å². The fourth-order valence-corrected chi connectivity index (χ4v) is 4.81. The Balaban J connectivity index is 1.79. The number of pyridine rings is 1. The fraction of sp³-hybridized carbons (Fsp3) is 0.471. The van der Waals surface area contributed by atoms with Gasteiger partial charge in [0.15, 0.2) is 5.76 Å². The Morgan fingerprint density at radius 1 is 1.44 bits per heavy atom. The number of carbonyl (C=O) groups is 1. The third kappa shape index (κ3) is 4.02. The highest BCUT2D eigenvalue weighted by Gasteiger charge is 2.34. The number of sulfonamides is 1. The van der Waals surface area contributed by atoms with E-state index in [1.165, 1.54) is 6.92 Å². The van der Waals surface area contributed by atoms with E-state index in [-0.39, 0.29) is 28.3 Å². The highest BCUT2D eigenvalue weighted by molar-refractivity contribution is 7.89. The molecule has 1 aliphatic heterocycles. The number of hydrogen-bond donors (Lipinski definition) is 2. The molecule has 2 atom stereocenters. The molecular formula is C17H23N5O4S. The lowest BCUT2D eigenvalue weighted by Crippen LogP contribution is -2.54. The second kappa shape index (κ2) is 7.75. The van der Waals surface area contributed by atoms with E-state index in [0.29, 0.717) is 19.6 Å². The predicted molar refractivity (Wildman–Crippen MR) is 97.3 cm³/mol. The number of carbonyl (C=O) groups excluding carboxylic acids is 1. The van der Waals surface area contributed by atoms with Crippen LogP contribution in [-0.4, -0.2) is 55.0 Å². The third-order valence-electron chi connectivity index (χ3n) is 4.53. The molecule has 2 aromatic heterocycles. The number of nitrogens with one attached hydrogen (secondary N) is 2. The van der Waals surface area contributed by atoms with E-state index in [0.717, 1.165) is 5.56 Å². The van der Waals surface area contributed by atoms with Crippen LogP contribution in [0, 0.1) is 13.8 Å². The molecular weight excluding hydrogens is 370 g/mol. The Morgan fingerprint density at radius 2 is 2.22 bits per heavy atom. The van der Waals surface area contributed by atoms with Crippen LogP contribution in [0.1, 0.15) is 30.0 Å². The summed E-state index contributed by atoms with van der Waals surface area (Å²) in [5.74, 6) is -0.101. The first-order valence-corrected chi connectivity index (χ1v) is 10.2. The van der Waals surface area contributed by atoms with Crippen molar-refractivity contribution < 1.29 is 17.7 Å². The Kier molecular flexibility index (Phi) is 5.59. The summed E-state index contributed by atoms with van der Waals surface area (Å²) >= 11 is 0. The molecule has 1 fully saturated rings. The highest BCUT2D eigenvalue weighted by atomic mass is 32.2. The van der Waals surface area contributed by atoms with Crippen LogP contribution in [0.15, 0.2) is 33.9 Å². The molecule has 0 bridgehead atoms. The van der Waals surface area contributed by atoms with Gasteiger partial charge in [0.05, 0.1) is 12.1 Å². The van der Waals surface area contributed by atoms with E-state index in [1.54, 1.807) is 31.1 Å². The Labute approximate surface area is 158 Å². The van der Waals surface area contributed by atoms with Crippen molar-refractivity contribution in [3.63, 3.8) is 0 Å². The van der Waals surface area contributed by atoms with Gasteiger partial charge in [-0.05, 0) is 32.4 Å². The first-order valence-electron chi connectivity index (χ1n) is 8.67. The average molecular weight is 393 g/mol. The van der Waals surface area contributed by atoms with Gasteiger partial charge in [0.1, 0.15) is 10.6 Å². The minimum Gasteiger partial charge on any atom is -0.360 e. The summed E-state index contributed by atoms with van der Waals surface area (Å²) in [4.78, 5) is 18.8. The lowest BCUT2D eigenvalue weighted by molar-refractivity contribution is -0.136. The molecule has 1 amide bonds. The van der Waals surface area contributed by atoms with Crippen LogP contribution in [-0.2, 0) is 14.8 Å². The lowest BCUT2D eigenvalue weighted by atomic mass is 10.0. The van der Waals surface area contributed by atoms with Gasteiger partial charge in [0.2, 0.25) is 15.9 Å². The van der Waals surface area contributed by atoms with Crippen LogP contribution in [0.5, 0.6) is 0 Å². The fourth-order valence-electron chi connectivity index (χ4n) is 3.29. The van der Waals surface area contributed by atoms with E-state index in [2.05, 4.69) is 20.2 Å². The Morgan fingerprint density at radius 3 is 2.85 bits per heavy atom. The largest absolute Gasteiger partial charge is 0.360 e. The molecule has 10 heteroatoms. The van der Waals surface area contributed by atoms with Crippen LogP contribution < -0.4 is 10.0 Å². The SMILES string of the molecule is Cc1noc(C)c1S(=O)(=O)NC(C)C(=O)N1CCNCC1c1cccnc1. The maximum absolute atomic E-state index is 13.0. The van der Waals surface area contributed by atoms with Gasteiger partial charge >= 0.3 is 0 Å². The summed E-state index contributed by atoms with van der Waals surface area (Å²) in [5.41, 5.74) is 1.16. The molecule has 0 aliphatic carbocycles. The Hall–Kier alpha value is -2.30. The third-order valence-corrected chi connectivity index (χ3v) is 6.32. The lowest BCUT2D eigenvalue weighted by Gasteiger charge is -2.37. The van der Waals surface area contributed by atoms with E-state index >= 15 is 0 Å². The van der Waals surface area contributed by atoms with Crippen molar-refractivity contribution in [3.8, 4) is 0 Å². The molecule has 0 radical (unpaired) electrons. The molecule has 1 saturated heterocycles. The summed E-state index contributed by atoms with van der Waals surface area (Å²) < 4.78 is 32.7. The minimum absolute atomic E-state index is 0.0220. The van der Waals surface area contributed by atoms with Gasteiger partial charge in [-0.25, -0.2) is 8.42 Å². The van der Waals surface area contributed by atoms with Gasteiger partial charge in [-0.3, -0.25) is 9.78 Å². The van der Waals surface area contributed by atoms with E-state index in [1.807, 2.05) is 12.1 Å². The number of amides is 1. The van der Waals surface area contributed by atoms with Crippen molar-refractivity contribution in [2.24, 2.45) is 0 Å². The van der Waals surface area contributed by atoms with Gasteiger partial charge in [0, 0.05) is 32.0 Å². The van der Waals surface area contributed by atoms with Gasteiger partial charge < -0.3 is 14.7 Å². The monoisotopic (exact) mass is 393 g/mol. The maximum Gasteiger partial charge on any atom is 0.246 e. The number of piperazine rings is 1. The summed E-state index contributed by atoms with van der Waals surface area (Å²) in [7, 11) is -3.93. The van der Waals surface area contributed by atoms with E-state index in [9.17, 15) is 13.2 Å². The molecule has 0 aromatic carbocycles. The average Bonchev–Trinajstić information content (AvgIpc) is 3.00. The minimum atomic E-state index is -3.93. The van der Waals surface area contributed by atoms with Crippen LogP contribution in [0.3, 0.4) is 0 Å². The second-order valence-corrected chi connectivity index (χ2v) is 8.19. The van der Waals surface area contributed by atoms with Crippen LogP contribution in [0.4, 0.5) is 0 Å². The summed E-state index contributed by atoms with van der Waals surface area (Å²) in [5, 5.41) is 6.93. The smallest absolute Gasteiger partial charge is 0.246 e. The zero-order valence-electron chi connectivity index (χ0n) is 15.5. The number of hydrogen-bond acceptors (Lipinski definition) is 7. The first-order chi connectivity index (χ1) is 12.8. The van der Waals surface area contributed by atoms with E-state index < -0.39 is 16.1 Å². The zero-order chi connectivity index (χ0) is 19.6. The predicted octanol–water partition coefficient (Wildman–Crippen LogP) is 0.526.